The summed E-state index contributed by atoms with van der Waals surface area (Å²) in [7, 11) is 0. The van der Waals surface area contributed by atoms with Crippen molar-refractivity contribution < 1.29 is 0 Å². The molecule has 0 N–H and O–H groups in total. The summed E-state index contributed by atoms with van der Waals surface area (Å²) < 4.78 is 2.85. The maximum absolute atomic E-state index is 2.85. The molecule has 1 aliphatic rings. The van der Waals surface area contributed by atoms with E-state index in [-0.39, 0.29) is 0 Å². The Morgan fingerprint density at radius 2 is 0.571 bits per heavy atom. The second-order valence-electron chi connectivity index (χ2n) is 12.7. The fourth-order valence-electron chi connectivity index (χ4n) is 11.6. The van der Waals surface area contributed by atoms with Crippen molar-refractivity contribution in [1.82, 2.24) is 0 Å². The molecule has 0 amide bonds. The van der Waals surface area contributed by atoms with E-state index in [1.165, 1.54) is 0 Å². The predicted molar refractivity (Wildman–Crippen MR) is 133 cm³/mol. The van der Waals surface area contributed by atoms with Crippen LogP contribution in [0.4, 0.5) is 0 Å². The first-order valence-corrected chi connectivity index (χ1v) is 18.7. The zero-order valence-corrected chi connectivity index (χ0v) is 25.5. The minimum atomic E-state index is -2.85. The van der Waals surface area contributed by atoms with Crippen molar-refractivity contribution in [3.63, 3.8) is 0 Å². The van der Waals surface area contributed by atoms with E-state index in [9.17, 15) is 0 Å². The predicted octanol–water partition coefficient (Wildman–Crippen LogP) is 9.67. The van der Waals surface area contributed by atoms with Gasteiger partial charge in [-0.2, -0.15) is 0 Å². The molecule has 0 aromatic carbocycles. The monoisotopic (exact) mass is 500 g/mol. The van der Waals surface area contributed by atoms with Crippen LogP contribution in [0.15, 0.2) is 0 Å². The summed E-state index contributed by atoms with van der Waals surface area (Å²) in [4.78, 5) is 0. The Kier molecular flexibility index (Phi) is 8.03. The Labute approximate surface area is 184 Å². The van der Waals surface area contributed by atoms with E-state index in [1.807, 2.05) is 0 Å². The molecule has 1 rings (SSSR count). The summed E-state index contributed by atoms with van der Waals surface area (Å²) >= 11 is -2.85. The van der Waals surface area contributed by atoms with Gasteiger partial charge in [-0.3, -0.25) is 0 Å². The van der Waals surface area contributed by atoms with Gasteiger partial charge in [-0.25, -0.2) is 0 Å². The second-order valence-corrected chi connectivity index (χ2v) is 29.0. The van der Waals surface area contributed by atoms with Crippen molar-refractivity contribution >= 4 is 18.4 Å². The van der Waals surface area contributed by atoms with E-state index in [1.54, 1.807) is 0 Å². The molecule has 0 bridgehead atoms. The van der Waals surface area contributed by atoms with Crippen molar-refractivity contribution in [3.8, 4) is 0 Å². The standard InChI is InChI=1S/C21H42.2C3H7.Sn/c1-13(2)19(14(3)4)21(17(9)10,18(11)12)20(15(5)6)16(7)8;2*1-3-2;/h13-18H,1-12H3;2*3H,1-2H3;. The summed E-state index contributed by atoms with van der Waals surface area (Å²) in [6, 6.07) is 0. The van der Waals surface area contributed by atoms with E-state index in [0.29, 0.717) is 12.3 Å². The van der Waals surface area contributed by atoms with Gasteiger partial charge in [-0.15, -0.1) is 0 Å². The summed E-state index contributed by atoms with van der Waals surface area (Å²) in [6.07, 6.45) is 0. The maximum atomic E-state index is 2.65. The Morgan fingerprint density at radius 3 is 0.679 bits per heavy atom. The van der Waals surface area contributed by atoms with Gasteiger partial charge in [0.1, 0.15) is 0 Å². The van der Waals surface area contributed by atoms with Crippen LogP contribution in [0.1, 0.15) is 111 Å². The zero-order valence-electron chi connectivity index (χ0n) is 22.6. The summed E-state index contributed by atoms with van der Waals surface area (Å²) in [6.45, 7) is 41.9. The molecule has 0 atom stereocenters. The van der Waals surface area contributed by atoms with Crippen LogP contribution in [-0.4, -0.2) is 18.4 Å². The molecule has 0 aliphatic carbocycles. The molecule has 1 saturated heterocycles. The van der Waals surface area contributed by atoms with Gasteiger partial charge in [0.15, 0.2) is 0 Å². The fraction of sp³-hybridized carbons (Fsp3) is 1.00. The van der Waals surface area contributed by atoms with Gasteiger partial charge < -0.3 is 0 Å². The molecule has 1 aliphatic heterocycles. The molecule has 0 spiro atoms. The van der Waals surface area contributed by atoms with Crippen LogP contribution in [0.25, 0.3) is 0 Å². The van der Waals surface area contributed by atoms with Gasteiger partial charge in [0.25, 0.3) is 0 Å². The Balaban J connectivity index is 4.45. The minimum absolute atomic E-state index is 0.426. The Hall–Kier alpha value is 0.799. The summed E-state index contributed by atoms with van der Waals surface area (Å²) in [5.41, 5.74) is 0.426. The van der Waals surface area contributed by atoms with Gasteiger partial charge >= 0.3 is 185 Å². The number of rotatable bonds is 8. The first kappa shape index (κ1) is 26.8. The van der Waals surface area contributed by atoms with E-state index in [2.05, 4.69) is 111 Å². The Bertz CT molecular complexity index is 374. The number of hydrogen-bond donors (Lipinski definition) is 0. The molecular weight excluding hydrogens is 443 g/mol. The normalized spacial score (nSPS) is 23.1. The van der Waals surface area contributed by atoms with Gasteiger partial charge in [-0.05, 0) is 0 Å². The van der Waals surface area contributed by atoms with Gasteiger partial charge in [0.05, 0.1) is 0 Å². The molecule has 0 nitrogen and oxygen atoms in total. The third-order valence-corrected chi connectivity index (χ3v) is 37.2. The molecule has 0 aromatic rings. The molecule has 0 saturated carbocycles. The molecule has 0 unspecified atom stereocenters. The van der Waals surface area contributed by atoms with Gasteiger partial charge in [0.2, 0.25) is 0 Å². The molecule has 0 aromatic heterocycles. The van der Waals surface area contributed by atoms with Crippen molar-refractivity contribution in [2.45, 2.75) is 126 Å². The average molecular weight is 499 g/mol. The molecule has 28 heavy (non-hydrogen) atoms. The Morgan fingerprint density at radius 1 is 0.357 bits per heavy atom. The molecule has 1 heteroatoms. The third-order valence-electron chi connectivity index (χ3n) is 10.0. The van der Waals surface area contributed by atoms with Crippen molar-refractivity contribution in [2.24, 2.45) is 40.9 Å². The second kappa shape index (κ2) is 8.38. The van der Waals surface area contributed by atoms with Crippen LogP contribution in [0.3, 0.4) is 0 Å². The van der Waals surface area contributed by atoms with Crippen molar-refractivity contribution in [3.05, 3.63) is 0 Å². The van der Waals surface area contributed by atoms with Crippen molar-refractivity contribution in [2.75, 3.05) is 0 Å². The fourth-order valence-corrected chi connectivity index (χ4v) is 47.0. The van der Waals surface area contributed by atoms with E-state index in [4.69, 9.17) is 0 Å². The first-order chi connectivity index (χ1) is 12.5. The first-order valence-electron chi connectivity index (χ1n) is 12.5. The molecule has 0 radical (unpaired) electrons. The van der Waals surface area contributed by atoms with Crippen LogP contribution < -0.4 is 0 Å². The summed E-state index contributed by atoms with van der Waals surface area (Å²) in [5.74, 6) is 4.52. The van der Waals surface area contributed by atoms with Crippen LogP contribution in [-0.2, 0) is 0 Å². The zero-order chi connectivity index (χ0) is 22.6. The molecule has 168 valence electrons. The van der Waals surface area contributed by atoms with Gasteiger partial charge in [-0.1, -0.05) is 0 Å². The molecule has 1 fully saturated rings. The van der Waals surface area contributed by atoms with Crippen LogP contribution >= 0.6 is 0 Å². The van der Waals surface area contributed by atoms with E-state index in [0.717, 1.165) is 43.4 Å². The van der Waals surface area contributed by atoms with Crippen molar-refractivity contribution in [1.29, 1.82) is 0 Å². The van der Waals surface area contributed by atoms with Crippen LogP contribution in [0.5, 0.6) is 0 Å². The topological polar surface area (TPSA) is 0 Å². The van der Waals surface area contributed by atoms with Crippen LogP contribution in [0.2, 0.25) is 14.7 Å². The van der Waals surface area contributed by atoms with Gasteiger partial charge in [0, 0.05) is 0 Å². The van der Waals surface area contributed by atoms with E-state index >= 15 is 0 Å². The number of hydrogen-bond acceptors (Lipinski definition) is 0. The average Bonchev–Trinajstić information content (AvgIpc) is 2.43. The molecule has 1 heterocycles. The summed E-state index contributed by atoms with van der Waals surface area (Å²) in [5, 5.41) is 0. The molecular formula is C27H56Sn. The van der Waals surface area contributed by atoms with E-state index < -0.39 is 18.4 Å². The van der Waals surface area contributed by atoms with Crippen LogP contribution in [0, 0.1) is 40.9 Å². The quantitative estimate of drug-likeness (QED) is 0.292. The SMILES string of the molecule is CC(C)C1(C(C)C)[C](C(C)C)(C(C)C)[Sn]([CH](C)C)([CH](C)C)[C]1(C(C)C)C(C)C. The third kappa shape index (κ3) is 2.48.